The molecular weight excluding hydrogens is 236 g/mol. The van der Waals surface area contributed by atoms with E-state index in [1.165, 1.54) is 0 Å². The van der Waals surface area contributed by atoms with Gasteiger partial charge in [-0.1, -0.05) is 0 Å². The summed E-state index contributed by atoms with van der Waals surface area (Å²) in [6.07, 6.45) is 0. The quantitative estimate of drug-likeness (QED) is 0.456. The van der Waals surface area contributed by atoms with Gasteiger partial charge in [-0.25, -0.2) is 5.84 Å². The van der Waals surface area contributed by atoms with Crippen molar-refractivity contribution in [3.8, 4) is 0 Å². The van der Waals surface area contributed by atoms with Crippen LogP contribution in [0, 0.1) is 6.92 Å². The molecule has 1 aromatic heterocycles. The van der Waals surface area contributed by atoms with Crippen molar-refractivity contribution in [2.45, 2.75) is 20.4 Å². The van der Waals surface area contributed by atoms with Crippen LogP contribution in [0.3, 0.4) is 0 Å². The summed E-state index contributed by atoms with van der Waals surface area (Å²) in [6.45, 7) is 4.37. The number of aromatic nitrogens is 2. The zero-order valence-electron chi connectivity index (χ0n) is 7.47. The first-order valence-electron chi connectivity index (χ1n) is 3.85. The first-order chi connectivity index (χ1) is 6.11. The van der Waals surface area contributed by atoms with Crippen molar-refractivity contribution >= 4 is 21.8 Å². The first-order valence-corrected chi connectivity index (χ1v) is 4.65. The van der Waals surface area contributed by atoms with Gasteiger partial charge in [-0.05, 0) is 29.8 Å². The molecule has 0 aromatic carbocycles. The minimum atomic E-state index is -0.339. The summed E-state index contributed by atoms with van der Waals surface area (Å²) >= 11 is 3.28. The van der Waals surface area contributed by atoms with Gasteiger partial charge in [-0.2, -0.15) is 5.10 Å². The van der Waals surface area contributed by atoms with E-state index in [1.54, 1.807) is 4.68 Å². The second-order valence-electron chi connectivity index (χ2n) is 2.54. The van der Waals surface area contributed by atoms with E-state index < -0.39 is 0 Å². The highest BCUT2D eigenvalue weighted by atomic mass is 79.9. The summed E-state index contributed by atoms with van der Waals surface area (Å²) in [4.78, 5) is 11.3. The minimum Gasteiger partial charge on any atom is -0.289 e. The molecule has 3 N–H and O–H groups in total. The molecule has 1 heterocycles. The standard InChI is InChI=1S/C7H11BrN4O/c1-3-12-6(7(13)10-9)5(8)4(2)11-12/h3,9H2,1-2H3,(H,10,13). The molecule has 0 saturated heterocycles. The van der Waals surface area contributed by atoms with Crippen LogP contribution in [0.5, 0.6) is 0 Å². The number of aryl methyl sites for hydroxylation is 2. The summed E-state index contributed by atoms with van der Waals surface area (Å²) in [7, 11) is 0. The number of rotatable bonds is 2. The van der Waals surface area contributed by atoms with Crippen molar-refractivity contribution in [2.75, 3.05) is 0 Å². The van der Waals surface area contributed by atoms with Crippen molar-refractivity contribution in [1.29, 1.82) is 0 Å². The van der Waals surface area contributed by atoms with Gasteiger partial charge in [-0.3, -0.25) is 14.9 Å². The van der Waals surface area contributed by atoms with Gasteiger partial charge < -0.3 is 0 Å². The smallest absolute Gasteiger partial charge is 0.284 e. The van der Waals surface area contributed by atoms with Gasteiger partial charge in [0.2, 0.25) is 0 Å². The van der Waals surface area contributed by atoms with Crippen LogP contribution in [0.2, 0.25) is 0 Å². The van der Waals surface area contributed by atoms with Crippen molar-refractivity contribution in [3.63, 3.8) is 0 Å². The molecule has 1 aromatic rings. The Balaban J connectivity index is 3.23. The average molecular weight is 247 g/mol. The summed E-state index contributed by atoms with van der Waals surface area (Å²) < 4.78 is 2.29. The number of hydrazine groups is 1. The third kappa shape index (κ3) is 1.73. The highest BCUT2D eigenvalue weighted by Gasteiger charge is 2.17. The lowest BCUT2D eigenvalue weighted by molar-refractivity contribution is 0.0942. The third-order valence-electron chi connectivity index (χ3n) is 1.70. The van der Waals surface area contributed by atoms with E-state index in [2.05, 4.69) is 26.5 Å². The van der Waals surface area contributed by atoms with Crippen LogP contribution in [-0.2, 0) is 6.54 Å². The lowest BCUT2D eigenvalue weighted by Gasteiger charge is -2.02. The Hall–Kier alpha value is -0.880. The van der Waals surface area contributed by atoms with E-state index >= 15 is 0 Å². The summed E-state index contributed by atoms with van der Waals surface area (Å²) in [5.74, 6) is 4.71. The highest BCUT2D eigenvalue weighted by Crippen LogP contribution is 2.20. The Morgan fingerprint density at radius 2 is 2.38 bits per heavy atom. The molecule has 0 aliphatic rings. The van der Waals surface area contributed by atoms with Gasteiger partial charge in [0.25, 0.3) is 5.91 Å². The molecule has 0 bridgehead atoms. The van der Waals surface area contributed by atoms with Gasteiger partial charge in [0, 0.05) is 6.54 Å². The summed E-state index contributed by atoms with van der Waals surface area (Å²) in [6, 6.07) is 0. The molecule has 1 amide bonds. The molecule has 0 fully saturated rings. The molecule has 0 spiro atoms. The normalized spacial score (nSPS) is 10.2. The molecule has 13 heavy (non-hydrogen) atoms. The van der Waals surface area contributed by atoms with E-state index in [0.717, 1.165) is 5.69 Å². The van der Waals surface area contributed by atoms with Gasteiger partial charge in [-0.15, -0.1) is 0 Å². The second kappa shape index (κ2) is 3.89. The monoisotopic (exact) mass is 246 g/mol. The van der Waals surface area contributed by atoms with Gasteiger partial charge in [0.05, 0.1) is 10.2 Å². The maximum atomic E-state index is 11.3. The molecule has 5 nitrogen and oxygen atoms in total. The number of nitrogen functional groups attached to an aromatic ring is 1. The van der Waals surface area contributed by atoms with E-state index in [-0.39, 0.29) is 5.91 Å². The maximum Gasteiger partial charge on any atom is 0.284 e. The van der Waals surface area contributed by atoms with Crippen LogP contribution >= 0.6 is 15.9 Å². The third-order valence-corrected chi connectivity index (χ3v) is 2.65. The van der Waals surface area contributed by atoms with Crippen molar-refractivity contribution in [1.82, 2.24) is 15.2 Å². The SMILES string of the molecule is CCn1nc(C)c(Br)c1C(=O)NN. The second-order valence-corrected chi connectivity index (χ2v) is 3.33. The summed E-state index contributed by atoms with van der Waals surface area (Å²) in [5, 5.41) is 4.15. The lowest BCUT2D eigenvalue weighted by atomic mass is 10.3. The molecule has 6 heteroatoms. The lowest BCUT2D eigenvalue weighted by Crippen LogP contribution is -2.32. The van der Waals surface area contributed by atoms with Gasteiger partial charge in [0.15, 0.2) is 0 Å². The van der Waals surface area contributed by atoms with Crippen LogP contribution < -0.4 is 11.3 Å². The molecule has 0 saturated carbocycles. The van der Waals surface area contributed by atoms with Crippen LogP contribution in [0.1, 0.15) is 23.1 Å². The van der Waals surface area contributed by atoms with E-state index in [1.807, 2.05) is 13.8 Å². The fourth-order valence-corrected chi connectivity index (χ4v) is 1.54. The Kier molecular flexibility index (Phi) is 3.05. The summed E-state index contributed by atoms with van der Waals surface area (Å²) in [5.41, 5.74) is 3.32. The molecule has 0 aliphatic heterocycles. The Labute approximate surface area is 84.4 Å². The molecule has 0 unspecified atom stereocenters. The largest absolute Gasteiger partial charge is 0.289 e. The Bertz CT molecular complexity index is 333. The number of hydrogen-bond acceptors (Lipinski definition) is 3. The van der Waals surface area contributed by atoms with E-state index in [0.29, 0.717) is 16.7 Å². The first kappa shape index (κ1) is 10.2. The predicted molar refractivity (Wildman–Crippen MR) is 52.0 cm³/mol. The molecule has 0 radical (unpaired) electrons. The van der Waals surface area contributed by atoms with Gasteiger partial charge in [0.1, 0.15) is 5.69 Å². The molecule has 1 rings (SSSR count). The molecular formula is C7H11BrN4O. The van der Waals surface area contributed by atoms with Crippen molar-refractivity contribution < 1.29 is 4.79 Å². The zero-order chi connectivity index (χ0) is 10.0. The average Bonchev–Trinajstić information content (AvgIpc) is 2.42. The van der Waals surface area contributed by atoms with Crippen molar-refractivity contribution in [3.05, 3.63) is 15.9 Å². The Morgan fingerprint density at radius 3 is 2.85 bits per heavy atom. The number of amides is 1. The fraction of sp³-hybridized carbons (Fsp3) is 0.429. The van der Waals surface area contributed by atoms with Gasteiger partial charge >= 0.3 is 0 Å². The fourth-order valence-electron chi connectivity index (χ4n) is 1.07. The number of hydrogen-bond donors (Lipinski definition) is 2. The number of nitrogens with zero attached hydrogens (tertiary/aromatic N) is 2. The number of carbonyl (C=O) groups excluding carboxylic acids is 1. The number of nitrogens with one attached hydrogen (secondary N) is 1. The number of nitrogens with two attached hydrogens (primary N) is 1. The highest BCUT2D eigenvalue weighted by molar-refractivity contribution is 9.10. The van der Waals surface area contributed by atoms with Crippen LogP contribution in [0.25, 0.3) is 0 Å². The molecule has 72 valence electrons. The Morgan fingerprint density at radius 1 is 1.77 bits per heavy atom. The van der Waals surface area contributed by atoms with E-state index in [4.69, 9.17) is 5.84 Å². The number of halogens is 1. The zero-order valence-corrected chi connectivity index (χ0v) is 9.05. The predicted octanol–water partition coefficient (Wildman–Crippen LogP) is 0.577. The molecule has 0 aliphatic carbocycles. The maximum absolute atomic E-state index is 11.3. The minimum absolute atomic E-state index is 0.339. The van der Waals surface area contributed by atoms with E-state index in [9.17, 15) is 4.79 Å². The van der Waals surface area contributed by atoms with Crippen molar-refractivity contribution in [2.24, 2.45) is 5.84 Å². The van der Waals surface area contributed by atoms with Crippen LogP contribution in [0.4, 0.5) is 0 Å². The van der Waals surface area contributed by atoms with Crippen LogP contribution in [0.15, 0.2) is 4.47 Å². The van der Waals surface area contributed by atoms with Crippen LogP contribution in [-0.4, -0.2) is 15.7 Å². The number of carbonyl (C=O) groups is 1. The molecule has 0 atom stereocenters. The topological polar surface area (TPSA) is 72.9 Å².